The number of hydrogen-bond donors (Lipinski definition) is 1. The topological polar surface area (TPSA) is 51.2 Å². The first kappa shape index (κ1) is 11.6. The number of rotatable bonds is 4. The van der Waals surface area contributed by atoms with E-state index in [1.165, 1.54) is 6.07 Å². The Labute approximate surface area is 87.5 Å². The molecule has 0 bridgehead atoms. The zero-order valence-corrected chi connectivity index (χ0v) is 8.71. The first-order valence-electron chi connectivity index (χ1n) is 4.54. The Morgan fingerprint density at radius 2 is 2.40 bits per heavy atom. The van der Waals surface area contributed by atoms with Crippen LogP contribution < -0.4 is 5.32 Å². The van der Waals surface area contributed by atoms with Crippen molar-refractivity contribution >= 4 is 5.97 Å². The monoisotopic (exact) mass is 212 g/mol. The number of esters is 1. The predicted octanol–water partition coefficient (Wildman–Crippen LogP) is 0.792. The number of likely N-dealkylation sites (N-methyl/N-ethyl adjacent to an activating group) is 1. The lowest BCUT2D eigenvalue weighted by atomic mass is 10.2. The van der Waals surface area contributed by atoms with Gasteiger partial charge in [-0.3, -0.25) is 9.78 Å². The number of aromatic nitrogens is 1. The van der Waals surface area contributed by atoms with Gasteiger partial charge in [-0.2, -0.15) is 0 Å². The van der Waals surface area contributed by atoms with Gasteiger partial charge in [0.25, 0.3) is 0 Å². The predicted molar refractivity (Wildman–Crippen MR) is 52.7 cm³/mol. The molecule has 1 rings (SSSR count). The smallest absolute Gasteiger partial charge is 0.320 e. The van der Waals surface area contributed by atoms with Gasteiger partial charge in [0.1, 0.15) is 12.4 Å². The summed E-state index contributed by atoms with van der Waals surface area (Å²) in [7, 11) is 1.65. The number of halogens is 1. The summed E-state index contributed by atoms with van der Waals surface area (Å²) in [4.78, 5) is 14.8. The number of carbonyl (C=O) groups is 1. The van der Waals surface area contributed by atoms with Crippen molar-refractivity contribution in [3.05, 3.63) is 29.3 Å². The molecule has 1 N–H and O–H groups in total. The van der Waals surface area contributed by atoms with E-state index in [9.17, 15) is 9.18 Å². The summed E-state index contributed by atoms with van der Waals surface area (Å²) in [6, 6.07) is 1.31. The first-order valence-corrected chi connectivity index (χ1v) is 4.54. The molecule has 1 aromatic rings. The number of ether oxygens (including phenoxy) is 1. The van der Waals surface area contributed by atoms with Crippen molar-refractivity contribution in [1.82, 2.24) is 10.3 Å². The van der Waals surface area contributed by atoms with Gasteiger partial charge in [0.05, 0.1) is 12.7 Å². The summed E-state index contributed by atoms with van der Waals surface area (Å²) < 4.78 is 17.7. The van der Waals surface area contributed by atoms with Gasteiger partial charge in [0.15, 0.2) is 0 Å². The number of hydrogen-bond acceptors (Lipinski definition) is 4. The van der Waals surface area contributed by atoms with E-state index in [2.05, 4.69) is 10.3 Å². The number of aryl methyl sites for hydroxylation is 1. The summed E-state index contributed by atoms with van der Waals surface area (Å²) in [6.07, 6.45) is 1.13. The van der Waals surface area contributed by atoms with E-state index >= 15 is 0 Å². The minimum atomic E-state index is -0.430. The molecule has 0 aliphatic rings. The molecule has 1 heterocycles. The van der Waals surface area contributed by atoms with Crippen LogP contribution in [0.1, 0.15) is 11.3 Å². The summed E-state index contributed by atoms with van der Waals surface area (Å²) in [5.74, 6) is -0.804. The standard InChI is InChI=1S/C10H13FN2O2/c1-7-8(3-9(11)4-13-7)6-15-10(14)5-12-2/h3-4,12H,5-6H2,1-2H3. The van der Waals surface area contributed by atoms with Gasteiger partial charge in [-0.1, -0.05) is 0 Å². The van der Waals surface area contributed by atoms with Crippen LogP contribution in [0.4, 0.5) is 4.39 Å². The molecule has 0 fully saturated rings. The van der Waals surface area contributed by atoms with E-state index in [0.717, 1.165) is 6.20 Å². The van der Waals surface area contributed by atoms with E-state index in [1.807, 2.05) is 0 Å². The van der Waals surface area contributed by atoms with Crippen LogP contribution in [0.2, 0.25) is 0 Å². The molecule has 0 amide bonds. The van der Waals surface area contributed by atoms with Crippen molar-refractivity contribution in [3.8, 4) is 0 Å². The van der Waals surface area contributed by atoms with Gasteiger partial charge in [-0.15, -0.1) is 0 Å². The van der Waals surface area contributed by atoms with Crippen LogP contribution in [0.3, 0.4) is 0 Å². The normalized spacial score (nSPS) is 10.1. The molecule has 0 aliphatic carbocycles. The average Bonchev–Trinajstić information content (AvgIpc) is 2.20. The lowest BCUT2D eigenvalue weighted by Gasteiger charge is -2.06. The summed E-state index contributed by atoms with van der Waals surface area (Å²) in [5.41, 5.74) is 1.24. The number of nitrogens with one attached hydrogen (secondary N) is 1. The van der Waals surface area contributed by atoms with E-state index in [4.69, 9.17) is 4.74 Å². The molecule has 15 heavy (non-hydrogen) atoms. The molecule has 0 saturated carbocycles. The van der Waals surface area contributed by atoms with E-state index in [0.29, 0.717) is 11.3 Å². The highest BCUT2D eigenvalue weighted by Gasteiger charge is 2.05. The third-order valence-electron chi connectivity index (χ3n) is 1.87. The zero-order chi connectivity index (χ0) is 11.3. The maximum absolute atomic E-state index is 12.8. The molecule has 0 atom stereocenters. The average molecular weight is 212 g/mol. The molecule has 0 aliphatic heterocycles. The van der Waals surface area contributed by atoms with Crippen LogP contribution in [0.5, 0.6) is 0 Å². The summed E-state index contributed by atoms with van der Waals surface area (Å²) >= 11 is 0. The van der Waals surface area contributed by atoms with E-state index in [1.54, 1.807) is 14.0 Å². The second kappa shape index (κ2) is 5.41. The highest BCUT2D eigenvalue weighted by atomic mass is 19.1. The van der Waals surface area contributed by atoms with Crippen molar-refractivity contribution in [2.75, 3.05) is 13.6 Å². The molecular weight excluding hydrogens is 199 g/mol. The molecule has 5 heteroatoms. The maximum Gasteiger partial charge on any atom is 0.320 e. The molecule has 0 unspecified atom stereocenters. The minimum Gasteiger partial charge on any atom is -0.460 e. The van der Waals surface area contributed by atoms with Gasteiger partial charge < -0.3 is 10.1 Å². The Kier molecular flexibility index (Phi) is 4.17. The van der Waals surface area contributed by atoms with Crippen LogP contribution in [0, 0.1) is 12.7 Å². The molecule has 0 aromatic carbocycles. The second-order valence-electron chi connectivity index (χ2n) is 3.09. The van der Waals surface area contributed by atoms with Crippen LogP contribution in [0.25, 0.3) is 0 Å². The fraction of sp³-hybridized carbons (Fsp3) is 0.400. The maximum atomic E-state index is 12.8. The Morgan fingerprint density at radius 1 is 1.67 bits per heavy atom. The van der Waals surface area contributed by atoms with Gasteiger partial charge >= 0.3 is 5.97 Å². The van der Waals surface area contributed by atoms with Crippen molar-refractivity contribution < 1.29 is 13.9 Å². The minimum absolute atomic E-state index is 0.0527. The molecular formula is C10H13FN2O2. The Hall–Kier alpha value is -1.49. The quantitative estimate of drug-likeness (QED) is 0.750. The number of carbonyl (C=O) groups excluding carboxylic acids is 1. The Morgan fingerprint density at radius 3 is 3.07 bits per heavy atom. The van der Waals surface area contributed by atoms with Gasteiger partial charge in [-0.05, 0) is 20.0 Å². The summed E-state index contributed by atoms with van der Waals surface area (Å²) in [6.45, 7) is 1.93. The molecule has 4 nitrogen and oxygen atoms in total. The number of nitrogens with zero attached hydrogens (tertiary/aromatic N) is 1. The molecule has 0 saturated heterocycles. The van der Waals surface area contributed by atoms with Crippen molar-refractivity contribution in [3.63, 3.8) is 0 Å². The Bertz CT molecular complexity index is 355. The third-order valence-corrected chi connectivity index (χ3v) is 1.87. The van der Waals surface area contributed by atoms with Crippen molar-refractivity contribution in [2.45, 2.75) is 13.5 Å². The van der Waals surface area contributed by atoms with Crippen molar-refractivity contribution in [2.24, 2.45) is 0 Å². The van der Waals surface area contributed by atoms with Gasteiger partial charge in [-0.25, -0.2) is 4.39 Å². The first-order chi connectivity index (χ1) is 7.13. The second-order valence-corrected chi connectivity index (χ2v) is 3.09. The van der Waals surface area contributed by atoms with Crippen LogP contribution in [-0.2, 0) is 16.1 Å². The SMILES string of the molecule is CNCC(=O)OCc1cc(F)cnc1C. The molecule has 1 aromatic heterocycles. The van der Waals surface area contributed by atoms with E-state index in [-0.39, 0.29) is 19.1 Å². The fourth-order valence-corrected chi connectivity index (χ4v) is 1.05. The highest BCUT2D eigenvalue weighted by Crippen LogP contribution is 2.08. The van der Waals surface area contributed by atoms with Gasteiger partial charge in [0, 0.05) is 11.3 Å². The largest absolute Gasteiger partial charge is 0.460 e. The molecule has 0 radical (unpaired) electrons. The zero-order valence-electron chi connectivity index (χ0n) is 8.71. The third kappa shape index (κ3) is 3.63. The fourth-order valence-electron chi connectivity index (χ4n) is 1.05. The van der Waals surface area contributed by atoms with E-state index < -0.39 is 5.82 Å². The Balaban J connectivity index is 2.57. The lowest BCUT2D eigenvalue weighted by Crippen LogP contribution is -2.20. The van der Waals surface area contributed by atoms with Crippen LogP contribution >= 0.6 is 0 Å². The highest BCUT2D eigenvalue weighted by molar-refractivity contribution is 5.71. The van der Waals surface area contributed by atoms with Crippen LogP contribution in [-0.4, -0.2) is 24.5 Å². The van der Waals surface area contributed by atoms with Crippen LogP contribution in [0.15, 0.2) is 12.3 Å². The van der Waals surface area contributed by atoms with Crippen molar-refractivity contribution in [1.29, 1.82) is 0 Å². The lowest BCUT2D eigenvalue weighted by molar-refractivity contribution is -0.143. The molecule has 0 spiro atoms. The summed E-state index contributed by atoms with van der Waals surface area (Å²) in [5, 5.41) is 2.67. The van der Waals surface area contributed by atoms with Gasteiger partial charge in [0.2, 0.25) is 0 Å². The number of pyridine rings is 1. The molecule has 82 valence electrons.